The zero-order valence-electron chi connectivity index (χ0n) is 21.6. The van der Waals surface area contributed by atoms with Crippen LogP contribution in [0.4, 0.5) is 0 Å². The zero-order valence-corrected chi connectivity index (χ0v) is 22.5. The Morgan fingerprint density at radius 3 is 2.61 bits per heavy atom. The number of hydrogen-bond donors (Lipinski definition) is 1. The van der Waals surface area contributed by atoms with E-state index in [9.17, 15) is 9.90 Å². The summed E-state index contributed by atoms with van der Waals surface area (Å²) in [5, 5.41) is 10.7. The van der Waals surface area contributed by atoms with E-state index < -0.39 is 5.63 Å². The molecule has 1 atom stereocenters. The molecule has 2 heterocycles. The van der Waals surface area contributed by atoms with E-state index in [1.807, 2.05) is 36.4 Å². The van der Waals surface area contributed by atoms with Crippen molar-refractivity contribution >= 4 is 11.8 Å². The first-order valence-corrected chi connectivity index (χ1v) is 14.1. The van der Waals surface area contributed by atoms with E-state index in [2.05, 4.69) is 24.0 Å². The monoisotopic (exact) mass is 527 g/mol. The largest absolute Gasteiger partial charge is 0.506 e. The summed E-state index contributed by atoms with van der Waals surface area (Å²) >= 11 is 1.25. The van der Waals surface area contributed by atoms with Crippen LogP contribution in [0.5, 0.6) is 11.5 Å². The second kappa shape index (κ2) is 12.4. The van der Waals surface area contributed by atoms with Crippen molar-refractivity contribution in [1.29, 1.82) is 0 Å². The highest BCUT2D eigenvalue weighted by Crippen LogP contribution is 2.37. The SMILES string of the molecule is CC(CC1CCCCC1)c1cccc(Sc2c(O)cc(-c3ccc(OCc4cccnc4)cc3)oc2=O)c1. The Balaban J connectivity index is 1.26. The first kappa shape index (κ1) is 26.1. The molecule has 0 amide bonds. The molecule has 196 valence electrons. The predicted molar refractivity (Wildman–Crippen MR) is 151 cm³/mol. The molecule has 0 radical (unpaired) electrons. The molecule has 1 aliphatic rings. The number of ether oxygens (including phenoxy) is 1. The van der Waals surface area contributed by atoms with Crippen LogP contribution in [0.15, 0.2) is 98.1 Å². The summed E-state index contributed by atoms with van der Waals surface area (Å²) in [7, 11) is 0. The van der Waals surface area contributed by atoms with Crippen LogP contribution < -0.4 is 10.4 Å². The second-order valence-electron chi connectivity index (χ2n) is 10.1. The van der Waals surface area contributed by atoms with Crippen LogP contribution in [0.1, 0.15) is 62.5 Å². The summed E-state index contributed by atoms with van der Waals surface area (Å²) < 4.78 is 11.4. The van der Waals surface area contributed by atoms with Crippen LogP contribution in [0.3, 0.4) is 0 Å². The van der Waals surface area contributed by atoms with Gasteiger partial charge in [0.15, 0.2) is 0 Å². The van der Waals surface area contributed by atoms with Gasteiger partial charge in [-0.05, 0) is 66.3 Å². The van der Waals surface area contributed by atoms with Crippen molar-refractivity contribution in [2.75, 3.05) is 0 Å². The lowest BCUT2D eigenvalue weighted by Crippen LogP contribution is -2.09. The molecule has 6 heteroatoms. The Hall–Kier alpha value is -3.51. The Morgan fingerprint density at radius 2 is 1.87 bits per heavy atom. The van der Waals surface area contributed by atoms with Crippen LogP contribution in [-0.2, 0) is 6.61 Å². The average molecular weight is 528 g/mol. The number of aromatic hydroxyl groups is 1. The molecule has 1 fully saturated rings. The van der Waals surface area contributed by atoms with Crippen molar-refractivity contribution in [1.82, 2.24) is 4.98 Å². The van der Waals surface area contributed by atoms with Gasteiger partial charge in [-0.3, -0.25) is 4.98 Å². The highest BCUT2D eigenvalue weighted by molar-refractivity contribution is 7.99. The van der Waals surface area contributed by atoms with Gasteiger partial charge >= 0.3 is 5.63 Å². The Morgan fingerprint density at radius 1 is 1.05 bits per heavy atom. The quantitative estimate of drug-likeness (QED) is 0.236. The average Bonchev–Trinajstić information content (AvgIpc) is 2.95. The molecule has 0 spiro atoms. The van der Waals surface area contributed by atoms with Gasteiger partial charge in [0, 0.05) is 34.5 Å². The summed E-state index contributed by atoms with van der Waals surface area (Å²) in [6.45, 7) is 2.70. The van der Waals surface area contributed by atoms with E-state index in [-0.39, 0.29) is 10.6 Å². The number of aromatic nitrogens is 1. The van der Waals surface area contributed by atoms with Crippen molar-refractivity contribution in [3.63, 3.8) is 0 Å². The fourth-order valence-corrected chi connectivity index (χ4v) is 6.00. The number of rotatable bonds is 9. The number of hydrogen-bond acceptors (Lipinski definition) is 6. The fourth-order valence-electron chi connectivity index (χ4n) is 5.13. The molecule has 2 aromatic carbocycles. The molecule has 0 saturated heterocycles. The third-order valence-corrected chi connectivity index (χ3v) is 8.28. The zero-order chi connectivity index (χ0) is 26.3. The predicted octanol–water partition coefficient (Wildman–Crippen LogP) is 8.21. The molecule has 2 aromatic heterocycles. The van der Waals surface area contributed by atoms with Crippen LogP contribution in [0.25, 0.3) is 11.3 Å². The molecule has 5 rings (SSSR count). The standard InChI is InChI=1S/C32H33NO4S/c1-22(17-23-7-3-2-4-8-23)26-10-5-11-28(18-26)38-31-29(34)19-30(37-32(31)35)25-12-14-27(15-13-25)36-21-24-9-6-16-33-20-24/h5-6,9-16,18-20,22-23,34H,2-4,7-8,17,21H2,1H3. The van der Waals surface area contributed by atoms with Gasteiger partial charge in [-0.25, -0.2) is 4.79 Å². The van der Waals surface area contributed by atoms with E-state index in [4.69, 9.17) is 9.15 Å². The minimum absolute atomic E-state index is 0.0844. The maximum absolute atomic E-state index is 12.9. The molecule has 0 bridgehead atoms. The van der Waals surface area contributed by atoms with Gasteiger partial charge in [0.05, 0.1) is 0 Å². The highest BCUT2D eigenvalue weighted by atomic mass is 32.2. The van der Waals surface area contributed by atoms with Gasteiger partial charge in [-0.15, -0.1) is 0 Å². The van der Waals surface area contributed by atoms with E-state index >= 15 is 0 Å². The first-order chi connectivity index (χ1) is 18.5. The van der Waals surface area contributed by atoms with Crippen molar-refractivity contribution in [2.24, 2.45) is 5.92 Å². The molecule has 1 aliphatic carbocycles. The lowest BCUT2D eigenvalue weighted by Gasteiger charge is -2.25. The van der Waals surface area contributed by atoms with E-state index in [0.717, 1.165) is 16.4 Å². The van der Waals surface area contributed by atoms with Crippen LogP contribution in [0, 0.1) is 5.92 Å². The van der Waals surface area contributed by atoms with Crippen molar-refractivity contribution in [2.45, 2.75) is 67.8 Å². The second-order valence-corrected chi connectivity index (χ2v) is 11.2. The molecule has 4 aromatic rings. The highest BCUT2D eigenvalue weighted by Gasteiger charge is 2.19. The summed E-state index contributed by atoms with van der Waals surface area (Å²) in [4.78, 5) is 18.1. The number of nitrogens with zero attached hydrogens (tertiary/aromatic N) is 1. The molecular weight excluding hydrogens is 494 g/mol. The summed E-state index contributed by atoms with van der Waals surface area (Å²) in [5.41, 5.74) is 2.38. The van der Waals surface area contributed by atoms with Crippen LogP contribution >= 0.6 is 11.8 Å². The third kappa shape index (κ3) is 6.67. The molecular formula is C32H33NO4S. The van der Waals surface area contributed by atoms with Gasteiger partial charge in [0.2, 0.25) is 0 Å². The summed E-state index contributed by atoms with van der Waals surface area (Å²) in [6, 6.07) is 20.9. The van der Waals surface area contributed by atoms with Gasteiger partial charge < -0.3 is 14.3 Å². The summed E-state index contributed by atoms with van der Waals surface area (Å²) in [6.07, 6.45) is 11.4. The van der Waals surface area contributed by atoms with Gasteiger partial charge in [0.25, 0.3) is 0 Å². The molecule has 1 unspecified atom stereocenters. The first-order valence-electron chi connectivity index (χ1n) is 13.3. The molecule has 0 aliphatic heterocycles. The summed E-state index contributed by atoms with van der Waals surface area (Å²) in [5.74, 6) is 2.18. The molecule has 1 saturated carbocycles. The smallest absolute Gasteiger partial charge is 0.354 e. The van der Waals surface area contributed by atoms with Crippen molar-refractivity contribution in [3.05, 3.63) is 101 Å². The molecule has 1 N–H and O–H groups in total. The topological polar surface area (TPSA) is 72.6 Å². The van der Waals surface area contributed by atoms with Gasteiger partial charge in [-0.1, -0.05) is 69.0 Å². The number of benzene rings is 2. The maximum Gasteiger partial charge on any atom is 0.354 e. The lowest BCUT2D eigenvalue weighted by molar-refractivity contribution is 0.306. The Kier molecular flexibility index (Phi) is 8.49. The lowest BCUT2D eigenvalue weighted by atomic mass is 9.81. The minimum atomic E-state index is -0.553. The van der Waals surface area contributed by atoms with E-state index in [0.29, 0.717) is 29.6 Å². The van der Waals surface area contributed by atoms with Crippen molar-refractivity contribution < 1.29 is 14.3 Å². The number of pyridine rings is 1. The normalized spacial score (nSPS) is 14.8. The maximum atomic E-state index is 12.9. The molecule has 38 heavy (non-hydrogen) atoms. The Bertz CT molecular complexity index is 1400. The minimum Gasteiger partial charge on any atom is -0.506 e. The van der Waals surface area contributed by atoms with Gasteiger partial charge in [0.1, 0.15) is 28.8 Å². The van der Waals surface area contributed by atoms with Gasteiger partial charge in [-0.2, -0.15) is 0 Å². The molecule has 5 nitrogen and oxygen atoms in total. The van der Waals surface area contributed by atoms with Crippen molar-refractivity contribution in [3.8, 4) is 22.8 Å². The Labute approximate surface area is 227 Å². The van der Waals surface area contributed by atoms with E-state index in [1.54, 1.807) is 24.5 Å². The van der Waals surface area contributed by atoms with Crippen LogP contribution in [0.2, 0.25) is 0 Å². The van der Waals surface area contributed by atoms with Crippen LogP contribution in [-0.4, -0.2) is 10.1 Å². The van der Waals surface area contributed by atoms with E-state index in [1.165, 1.54) is 61.9 Å². The third-order valence-electron chi connectivity index (χ3n) is 7.21. The fraction of sp³-hybridized carbons (Fsp3) is 0.312.